The zero-order chi connectivity index (χ0) is 18.8. The number of carbonyl (C=O) groups excluding carboxylic acids is 2. The van der Waals surface area contributed by atoms with E-state index in [-0.39, 0.29) is 23.8 Å². The standard InChI is InChI=1S/C22H31N3O2/c23-20-16-7-4-8-17(20)14-18(13-16)21(26)24-19-9-11-25(12-10-19)22(27)15-5-2-1-3-6-15/h1-3,5-6,16-20H,4,7-14,23H2,(H,24,26). The first-order chi connectivity index (χ1) is 13.1. The predicted molar refractivity (Wildman–Crippen MR) is 105 cm³/mol. The Bertz CT molecular complexity index is 655. The van der Waals surface area contributed by atoms with Crippen LogP contribution in [0.5, 0.6) is 0 Å². The fourth-order valence-electron chi connectivity index (χ4n) is 5.31. The zero-order valence-electron chi connectivity index (χ0n) is 16.0. The molecular formula is C22H31N3O2. The van der Waals surface area contributed by atoms with Gasteiger partial charge in [0, 0.05) is 36.7 Å². The molecule has 2 aliphatic carbocycles. The van der Waals surface area contributed by atoms with Gasteiger partial charge in [0.2, 0.25) is 5.91 Å². The SMILES string of the molecule is NC1C2CCCC1CC(C(=O)NC1CCN(C(=O)c3ccccc3)CC1)C2. The van der Waals surface area contributed by atoms with Crippen LogP contribution >= 0.6 is 0 Å². The smallest absolute Gasteiger partial charge is 0.253 e. The molecule has 2 atom stereocenters. The lowest BCUT2D eigenvalue weighted by Gasteiger charge is -2.44. The van der Waals surface area contributed by atoms with Gasteiger partial charge in [0.05, 0.1) is 0 Å². The summed E-state index contributed by atoms with van der Waals surface area (Å²) in [6.07, 6.45) is 7.21. The number of likely N-dealkylation sites (tertiary alicyclic amines) is 1. The second-order valence-electron chi connectivity index (χ2n) is 8.64. The fourth-order valence-corrected chi connectivity index (χ4v) is 5.31. The van der Waals surface area contributed by atoms with Crippen molar-refractivity contribution in [2.75, 3.05) is 13.1 Å². The molecule has 1 aliphatic heterocycles. The Morgan fingerprint density at radius 2 is 1.59 bits per heavy atom. The number of nitrogens with one attached hydrogen (secondary N) is 1. The number of nitrogens with two attached hydrogens (primary N) is 1. The highest BCUT2D eigenvalue weighted by Crippen LogP contribution is 2.42. The molecule has 3 N–H and O–H groups in total. The fraction of sp³-hybridized carbons (Fsp3) is 0.636. The van der Waals surface area contributed by atoms with E-state index >= 15 is 0 Å². The molecule has 1 aromatic carbocycles. The number of carbonyl (C=O) groups is 2. The van der Waals surface area contributed by atoms with E-state index in [1.807, 2.05) is 35.2 Å². The minimum Gasteiger partial charge on any atom is -0.353 e. The van der Waals surface area contributed by atoms with E-state index in [1.54, 1.807) is 0 Å². The van der Waals surface area contributed by atoms with Crippen LogP contribution in [0.2, 0.25) is 0 Å². The van der Waals surface area contributed by atoms with Crippen molar-refractivity contribution in [3.8, 4) is 0 Å². The van der Waals surface area contributed by atoms with Gasteiger partial charge in [0.25, 0.3) is 5.91 Å². The van der Waals surface area contributed by atoms with Crippen LogP contribution in [0.4, 0.5) is 0 Å². The lowest BCUT2D eigenvalue weighted by Crippen LogP contribution is -2.52. The maximum absolute atomic E-state index is 12.8. The average molecular weight is 370 g/mol. The van der Waals surface area contributed by atoms with E-state index in [4.69, 9.17) is 5.73 Å². The monoisotopic (exact) mass is 369 g/mol. The van der Waals surface area contributed by atoms with Crippen molar-refractivity contribution < 1.29 is 9.59 Å². The van der Waals surface area contributed by atoms with Gasteiger partial charge in [-0.05, 0) is 62.5 Å². The number of amides is 2. The molecule has 0 radical (unpaired) electrons. The summed E-state index contributed by atoms with van der Waals surface area (Å²) in [6, 6.07) is 9.92. The third-order valence-corrected chi connectivity index (χ3v) is 6.93. The molecule has 5 nitrogen and oxygen atoms in total. The van der Waals surface area contributed by atoms with Gasteiger partial charge in [-0.15, -0.1) is 0 Å². The van der Waals surface area contributed by atoms with Crippen molar-refractivity contribution in [1.82, 2.24) is 10.2 Å². The summed E-state index contributed by atoms with van der Waals surface area (Å²) in [5.41, 5.74) is 7.09. The summed E-state index contributed by atoms with van der Waals surface area (Å²) in [4.78, 5) is 27.3. The number of hydrogen-bond acceptors (Lipinski definition) is 3. The van der Waals surface area contributed by atoms with Crippen LogP contribution in [0.3, 0.4) is 0 Å². The molecule has 1 aromatic rings. The number of fused-ring (bicyclic) bond motifs is 2. The Kier molecular flexibility index (Phi) is 5.48. The zero-order valence-corrected chi connectivity index (χ0v) is 16.0. The Balaban J connectivity index is 1.27. The number of nitrogens with zero attached hydrogens (tertiary/aromatic N) is 1. The van der Waals surface area contributed by atoms with Gasteiger partial charge in [0.1, 0.15) is 0 Å². The van der Waals surface area contributed by atoms with Gasteiger partial charge in [-0.1, -0.05) is 24.6 Å². The van der Waals surface area contributed by atoms with Crippen LogP contribution < -0.4 is 11.1 Å². The molecular weight excluding hydrogens is 338 g/mol. The number of benzene rings is 1. The van der Waals surface area contributed by atoms with E-state index in [0.29, 0.717) is 31.0 Å². The van der Waals surface area contributed by atoms with E-state index in [1.165, 1.54) is 19.3 Å². The molecule has 2 bridgehead atoms. The molecule has 2 amide bonds. The van der Waals surface area contributed by atoms with E-state index in [9.17, 15) is 9.59 Å². The van der Waals surface area contributed by atoms with Crippen LogP contribution in [-0.2, 0) is 4.79 Å². The Morgan fingerprint density at radius 1 is 0.963 bits per heavy atom. The van der Waals surface area contributed by atoms with Gasteiger partial charge in [-0.3, -0.25) is 9.59 Å². The van der Waals surface area contributed by atoms with Crippen LogP contribution in [-0.4, -0.2) is 41.9 Å². The van der Waals surface area contributed by atoms with Crippen LogP contribution in [0, 0.1) is 17.8 Å². The van der Waals surface area contributed by atoms with E-state index < -0.39 is 0 Å². The molecule has 1 heterocycles. The quantitative estimate of drug-likeness (QED) is 0.860. The molecule has 27 heavy (non-hydrogen) atoms. The molecule has 0 spiro atoms. The summed E-state index contributed by atoms with van der Waals surface area (Å²) in [6.45, 7) is 1.42. The van der Waals surface area contributed by atoms with Crippen molar-refractivity contribution >= 4 is 11.8 Å². The largest absolute Gasteiger partial charge is 0.353 e. The van der Waals surface area contributed by atoms with Crippen molar-refractivity contribution in [2.45, 2.75) is 57.0 Å². The first-order valence-corrected chi connectivity index (χ1v) is 10.5. The Morgan fingerprint density at radius 3 is 2.22 bits per heavy atom. The maximum atomic E-state index is 12.8. The van der Waals surface area contributed by atoms with E-state index in [2.05, 4.69) is 5.32 Å². The first-order valence-electron chi connectivity index (χ1n) is 10.5. The number of hydrogen-bond donors (Lipinski definition) is 2. The van der Waals surface area contributed by atoms with Crippen molar-refractivity contribution in [3.05, 3.63) is 35.9 Å². The van der Waals surface area contributed by atoms with Crippen molar-refractivity contribution in [3.63, 3.8) is 0 Å². The molecule has 4 rings (SSSR count). The first kappa shape index (κ1) is 18.5. The third kappa shape index (κ3) is 4.03. The lowest BCUT2D eigenvalue weighted by atomic mass is 9.65. The van der Waals surface area contributed by atoms with Crippen LogP contribution in [0.1, 0.15) is 55.3 Å². The molecule has 0 aromatic heterocycles. The number of rotatable bonds is 3. The molecule has 5 heteroatoms. The molecule has 1 saturated heterocycles. The lowest BCUT2D eigenvalue weighted by molar-refractivity contribution is -0.128. The van der Waals surface area contributed by atoms with E-state index in [0.717, 1.165) is 31.2 Å². The average Bonchev–Trinajstić information content (AvgIpc) is 2.68. The summed E-state index contributed by atoms with van der Waals surface area (Å²) in [5, 5.41) is 3.27. The summed E-state index contributed by atoms with van der Waals surface area (Å²) in [5.74, 6) is 1.49. The van der Waals surface area contributed by atoms with Gasteiger partial charge in [-0.2, -0.15) is 0 Å². The topological polar surface area (TPSA) is 75.4 Å². The highest BCUT2D eigenvalue weighted by molar-refractivity contribution is 5.94. The summed E-state index contributed by atoms with van der Waals surface area (Å²) >= 11 is 0. The molecule has 2 unspecified atom stereocenters. The maximum Gasteiger partial charge on any atom is 0.253 e. The minimum atomic E-state index is 0.0921. The third-order valence-electron chi connectivity index (χ3n) is 6.93. The molecule has 2 saturated carbocycles. The van der Waals surface area contributed by atoms with Crippen molar-refractivity contribution in [2.24, 2.45) is 23.5 Å². The highest BCUT2D eigenvalue weighted by Gasteiger charge is 2.41. The second-order valence-corrected chi connectivity index (χ2v) is 8.64. The normalized spacial score (nSPS) is 31.4. The minimum absolute atomic E-state index is 0.0921. The number of piperidine rings is 1. The summed E-state index contributed by atoms with van der Waals surface area (Å²) < 4.78 is 0. The van der Waals surface area contributed by atoms with Gasteiger partial charge < -0.3 is 16.0 Å². The van der Waals surface area contributed by atoms with Gasteiger partial charge in [-0.25, -0.2) is 0 Å². The Labute approximate surface area is 161 Å². The second kappa shape index (κ2) is 8.01. The highest BCUT2D eigenvalue weighted by atomic mass is 16.2. The molecule has 3 fully saturated rings. The van der Waals surface area contributed by atoms with Gasteiger partial charge >= 0.3 is 0 Å². The van der Waals surface area contributed by atoms with Crippen molar-refractivity contribution in [1.29, 1.82) is 0 Å². The van der Waals surface area contributed by atoms with Gasteiger partial charge in [0.15, 0.2) is 0 Å². The van der Waals surface area contributed by atoms with Crippen LogP contribution in [0.15, 0.2) is 30.3 Å². The molecule has 3 aliphatic rings. The Hall–Kier alpha value is -1.88. The molecule has 146 valence electrons. The summed E-state index contributed by atoms with van der Waals surface area (Å²) in [7, 11) is 0. The predicted octanol–water partition coefficient (Wildman–Crippen LogP) is 2.56. The van der Waals surface area contributed by atoms with Crippen LogP contribution in [0.25, 0.3) is 0 Å².